The molecule has 2 unspecified atom stereocenters. The SMILES string of the molecule is CNC(CC(C)OC)c1ccc2ncccc2c1. The molecule has 3 heteroatoms. The van der Waals surface area contributed by atoms with Crippen molar-refractivity contribution in [3.63, 3.8) is 0 Å². The molecule has 0 radical (unpaired) electrons. The minimum Gasteiger partial charge on any atom is -0.382 e. The van der Waals surface area contributed by atoms with Gasteiger partial charge in [-0.05, 0) is 44.2 Å². The fourth-order valence-corrected chi connectivity index (χ4v) is 2.16. The molecule has 2 atom stereocenters. The minimum atomic E-state index is 0.243. The molecule has 0 aliphatic rings. The second kappa shape index (κ2) is 5.94. The van der Waals surface area contributed by atoms with Crippen LogP contribution in [0, 0.1) is 0 Å². The monoisotopic (exact) mass is 244 g/mol. The first-order chi connectivity index (χ1) is 8.74. The van der Waals surface area contributed by atoms with Crippen molar-refractivity contribution in [1.82, 2.24) is 10.3 Å². The van der Waals surface area contributed by atoms with E-state index in [-0.39, 0.29) is 6.10 Å². The zero-order valence-electron chi connectivity index (χ0n) is 11.2. The van der Waals surface area contributed by atoms with E-state index in [9.17, 15) is 0 Å². The van der Waals surface area contributed by atoms with Crippen molar-refractivity contribution in [3.8, 4) is 0 Å². The number of hydrogen-bond acceptors (Lipinski definition) is 3. The highest BCUT2D eigenvalue weighted by molar-refractivity contribution is 5.79. The zero-order valence-corrected chi connectivity index (χ0v) is 11.2. The molecule has 0 amide bonds. The van der Waals surface area contributed by atoms with Crippen LogP contribution in [0.25, 0.3) is 10.9 Å². The smallest absolute Gasteiger partial charge is 0.0702 e. The largest absolute Gasteiger partial charge is 0.382 e. The van der Waals surface area contributed by atoms with Crippen molar-refractivity contribution in [2.75, 3.05) is 14.2 Å². The fourth-order valence-electron chi connectivity index (χ4n) is 2.16. The number of rotatable bonds is 5. The third-order valence-corrected chi connectivity index (χ3v) is 3.35. The molecule has 0 spiro atoms. The van der Waals surface area contributed by atoms with Gasteiger partial charge in [0.05, 0.1) is 11.6 Å². The summed E-state index contributed by atoms with van der Waals surface area (Å²) in [6, 6.07) is 10.8. The van der Waals surface area contributed by atoms with Crippen molar-refractivity contribution in [2.24, 2.45) is 0 Å². The number of aromatic nitrogens is 1. The number of nitrogens with one attached hydrogen (secondary N) is 1. The van der Waals surface area contributed by atoms with Crippen molar-refractivity contribution in [1.29, 1.82) is 0 Å². The van der Waals surface area contributed by atoms with Crippen LogP contribution in [0.2, 0.25) is 0 Å². The molecule has 0 saturated carbocycles. The summed E-state index contributed by atoms with van der Waals surface area (Å²) in [5.74, 6) is 0. The predicted octanol–water partition coefficient (Wildman–Crippen LogP) is 2.92. The third kappa shape index (κ3) is 2.86. The summed E-state index contributed by atoms with van der Waals surface area (Å²) in [5.41, 5.74) is 2.32. The molecule has 1 aromatic carbocycles. The summed E-state index contributed by atoms with van der Waals surface area (Å²) in [6.07, 6.45) is 3.02. The maximum atomic E-state index is 5.34. The Hall–Kier alpha value is -1.45. The molecular weight excluding hydrogens is 224 g/mol. The summed E-state index contributed by atoms with van der Waals surface area (Å²) >= 11 is 0. The number of hydrogen-bond donors (Lipinski definition) is 1. The molecule has 18 heavy (non-hydrogen) atoms. The van der Waals surface area contributed by atoms with Crippen molar-refractivity contribution < 1.29 is 4.74 Å². The molecule has 0 aliphatic carbocycles. The van der Waals surface area contributed by atoms with Crippen LogP contribution in [0.4, 0.5) is 0 Å². The molecule has 2 rings (SSSR count). The predicted molar refractivity (Wildman–Crippen MR) is 74.6 cm³/mol. The number of nitrogens with zero attached hydrogens (tertiary/aromatic N) is 1. The van der Waals surface area contributed by atoms with E-state index in [0.717, 1.165) is 11.9 Å². The highest BCUT2D eigenvalue weighted by atomic mass is 16.5. The van der Waals surface area contributed by atoms with Gasteiger partial charge in [0, 0.05) is 24.7 Å². The fraction of sp³-hybridized carbons (Fsp3) is 0.400. The summed E-state index contributed by atoms with van der Waals surface area (Å²) in [4.78, 5) is 4.34. The lowest BCUT2D eigenvalue weighted by atomic mass is 9.99. The number of benzene rings is 1. The van der Waals surface area contributed by atoms with E-state index < -0.39 is 0 Å². The van der Waals surface area contributed by atoms with Crippen LogP contribution in [-0.4, -0.2) is 25.2 Å². The highest BCUT2D eigenvalue weighted by Gasteiger charge is 2.13. The van der Waals surface area contributed by atoms with E-state index in [4.69, 9.17) is 4.74 Å². The van der Waals surface area contributed by atoms with Crippen LogP contribution in [0.3, 0.4) is 0 Å². The van der Waals surface area contributed by atoms with Crippen molar-refractivity contribution in [2.45, 2.75) is 25.5 Å². The van der Waals surface area contributed by atoms with Gasteiger partial charge in [0.15, 0.2) is 0 Å². The average molecular weight is 244 g/mol. The Morgan fingerprint density at radius 3 is 2.89 bits per heavy atom. The summed E-state index contributed by atoms with van der Waals surface area (Å²) in [7, 11) is 3.74. The number of ether oxygens (including phenoxy) is 1. The Morgan fingerprint density at radius 1 is 1.33 bits per heavy atom. The Kier molecular flexibility index (Phi) is 4.28. The second-order valence-electron chi connectivity index (χ2n) is 4.58. The average Bonchev–Trinajstić information content (AvgIpc) is 2.44. The van der Waals surface area contributed by atoms with E-state index in [1.54, 1.807) is 7.11 Å². The van der Waals surface area contributed by atoms with E-state index in [0.29, 0.717) is 6.04 Å². The molecule has 1 heterocycles. The van der Waals surface area contributed by atoms with Crippen LogP contribution >= 0.6 is 0 Å². The first-order valence-corrected chi connectivity index (χ1v) is 6.29. The van der Waals surface area contributed by atoms with Gasteiger partial charge in [0.1, 0.15) is 0 Å². The molecule has 0 bridgehead atoms. The van der Waals surface area contributed by atoms with Gasteiger partial charge in [-0.3, -0.25) is 4.98 Å². The van der Waals surface area contributed by atoms with E-state index in [1.165, 1.54) is 10.9 Å². The molecule has 2 aromatic rings. The molecule has 96 valence electrons. The Balaban J connectivity index is 2.27. The maximum absolute atomic E-state index is 5.34. The Labute approximate surface area is 108 Å². The van der Waals surface area contributed by atoms with Crippen LogP contribution in [0.1, 0.15) is 24.9 Å². The van der Waals surface area contributed by atoms with Crippen LogP contribution < -0.4 is 5.32 Å². The van der Waals surface area contributed by atoms with Crippen molar-refractivity contribution in [3.05, 3.63) is 42.1 Å². The topological polar surface area (TPSA) is 34.1 Å². The van der Waals surface area contributed by atoms with Crippen molar-refractivity contribution >= 4 is 10.9 Å². The molecule has 3 nitrogen and oxygen atoms in total. The standard InChI is InChI=1S/C15H20N2O/c1-11(18-3)9-15(16-2)13-6-7-14-12(10-13)5-4-8-17-14/h4-8,10-11,15-16H,9H2,1-3H3. The summed E-state index contributed by atoms with van der Waals surface area (Å²) < 4.78 is 5.34. The Bertz CT molecular complexity index is 513. The molecule has 0 saturated heterocycles. The molecular formula is C15H20N2O. The lowest BCUT2D eigenvalue weighted by Crippen LogP contribution is -2.21. The Morgan fingerprint density at radius 2 is 2.17 bits per heavy atom. The van der Waals surface area contributed by atoms with Gasteiger partial charge in [0.25, 0.3) is 0 Å². The second-order valence-corrected chi connectivity index (χ2v) is 4.58. The van der Waals surface area contributed by atoms with Gasteiger partial charge in [0.2, 0.25) is 0 Å². The van der Waals surface area contributed by atoms with Gasteiger partial charge in [-0.1, -0.05) is 12.1 Å². The molecule has 1 aromatic heterocycles. The van der Waals surface area contributed by atoms with Gasteiger partial charge in [-0.15, -0.1) is 0 Å². The van der Waals surface area contributed by atoms with Crippen LogP contribution in [0.5, 0.6) is 0 Å². The minimum absolute atomic E-state index is 0.243. The molecule has 0 fully saturated rings. The van der Waals surface area contributed by atoms with Gasteiger partial charge in [-0.25, -0.2) is 0 Å². The zero-order chi connectivity index (χ0) is 13.0. The number of pyridine rings is 1. The van der Waals surface area contributed by atoms with Crippen LogP contribution in [0.15, 0.2) is 36.5 Å². The highest BCUT2D eigenvalue weighted by Crippen LogP contribution is 2.22. The van der Waals surface area contributed by atoms with Gasteiger partial charge >= 0.3 is 0 Å². The van der Waals surface area contributed by atoms with Crippen LogP contribution in [-0.2, 0) is 4.74 Å². The van der Waals surface area contributed by atoms with Gasteiger partial charge < -0.3 is 10.1 Å². The summed E-state index contributed by atoms with van der Waals surface area (Å²) in [5, 5.41) is 4.53. The normalized spacial score (nSPS) is 14.6. The third-order valence-electron chi connectivity index (χ3n) is 3.35. The lowest BCUT2D eigenvalue weighted by molar-refractivity contribution is 0.101. The maximum Gasteiger partial charge on any atom is 0.0702 e. The molecule has 1 N–H and O–H groups in total. The van der Waals surface area contributed by atoms with Gasteiger partial charge in [-0.2, -0.15) is 0 Å². The first-order valence-electron chi connectivity index (χ1n) is 6.29. The molecule has 0 aliphatic heterocycles. The lowest BCUT2D eigenvalue weighted by Gasteiger charge is -2.20. The van der Waals surface area contributed by atoms with E-state index in [1.807, 2.05) is 19.3 Å². The summed E-state index contributed by atoms with van der Waals surface area (Å²) in [6.45, 7) is 2.09. The quantitative estimate of drug-likeness (QED) is 0.878. The number of methoxy groups -OCH3 is 1. The number of fused-ring (bicyclic) bond motifs is 1. The van der Waals surface area contributed by atoms with E-state index >= 15 is 0 Å². The van der Waals surface area contributed by atoms with E-state index in [2.05, 4.69) is 41.5 Å². The first kappa shape index (κ1) is 13.0.